The molecule has 0 aliphatic carbocycles. The molecule has 3 aromatic rings. The molecule has 0 radical (unpaired) electrons. The van der Waals surface area contributed by atoms with Crippen LogP contribution in [0.3, 0.4) is 0 Å². The number of amides is 1. The summed E-state index contributed by atoms with van der Waals surface area (Å²) in [6.07, 6.45) is 7.72. The molecular formula is C21H23N5O3S. The molecular weight excluding hydrogens is 402 g/mol. The van der Waals surface area contributed by atoms with Gasteiger partial charge in [0.1, 0.15) is 0 Å². The quantitative estimate of drug-likeness (QED) is 0.504. The summed E-state index contributed by atoms with van der Waals surface area (Å²) in [6.45, 7) is 1.80. The lowest BCUT2D eigenvalue weighted by Crippen LogP contribution is -2.20. The van der Waals surface area contributed by atoms with Crippen molar-refractivity contribution in [3.8, 4) is 0 Å². The summed E-state index contributed by atoms with van der Waals surface area (Å²) in [5.74, 6) is 0. The highest BCUT2D eigenvalue weighted by atomic mass is 32.2. The summed E-state index contributed by atoms with van der Waals surface area (Å²) >= 11 is 0. The number of aromatic nitrogens is 2. The lowest BCUT2D eigenvalue weighted by molar-refractivity contribution is -0.105. The zero-order chi connectivity index (χ0) is 21.1. The van der Waals surface area contributed by atoms with Crippen molar-refractivity contribution in [1.29, 1.82) is 0 Å². The van der Waals surface area contributed by atoms with Crippen LogP contribution in [0, 0.1) is 0 Å². The molecule has 1 fully saturated rings. The van der Waals surface area contributed by atoms with E-state index >= 15 is 0 Å². The first-order valence-electron chi connectivity index (χ1n) is 9.66. The number of nitrogens with one attached hydrogen (secondary N) is 3. The maximum Gasteiger partial charge on any atom is 0.229 e. The van der Waals surface area contributed by atoms with Crippen LogP contribution in [-0.2, 0) is 14.8 Å². The van der Waals surface area contributed by atoms with Gasteiger partial charge in [0.05, 0.1) is 28.8 Å². The predicted octanol–water partition coefficient (Wildman–Crippen LogP) is 3.27. The monoisotopic (exact) mass is 425 g/mol. The van der Waals surface area contributed by atoms with Gasteiger partial charge >= 0.3 is 0 Å². The van der Waals surface area contributed by atoms with Crippen LogP contribution in [0.2, 0.25) is 0 Å². The van der Waals surface area contributed by atoms with E-state index in [0.717, 1.165) is 54.3 Å². The van der Waals surface area contributed by atoms with Crippen LogP contribution in [0.5, 0.6) is 0 Å². The van der Waals surface area contributed by atoms with Gasteiger partial charge < -0.3 is 10.2 Å². The van der Waals surface area contributed by atoms with Crippen molar-refractivity contribution in [3.63, 3.8) is 0 Å². The number of aromatic amines is 1. The van der Waals surface area contributed by atoms with Crippen molar-refractivity contribution in [2.45, 2.75) is 12.8 Å². The average Bonchev–Trinajstić information content (AvgIpc) is 3.35. The number of H-pyrrole nitrogens is 1. The van der Waals surface area contributed by atoms with E-state index in [1.165, 1.54) is 0 Å². The first kappa shape index (κ1) is 20.0. The summed E-state index contributed by atoms with van der Waals surface area (Å²) < 4.78 is 26.5. The summed E-state index contributed by atoms with van der Waals surface area (Å²) in [4.78, 5) is 12.8. The first-order valence-corrected chi connectivity index (χ1v) is 11.6. The van der Waals surface area contributed by atoms with E-state index in [2.05, 4.69) is 25.1 Å². The van der Waals surface area contributed by atoms with Gasteiger partial charge in [0.25, 0.3) is 0 Å². The second-order valence-corrected chi connectivity index (χ2v) is 9.06. The Morgan fingerprint density at radius 2 is 1.93 bits per heavy atom. The van der Waals surface area contributed by atoms with Gasteiger partial charge in [-0.05, 0) is 48.7 Å². The number of benzene rings is 2. The van der Waals surface area contributed by atoms with Gasteiger partial charge in [0.2, 0.25) is 16.4 Å². The molecule has 0 bridgehead atoms. The van der Waals surface area contributed by atoms with Crippen LogP contribution < -0.4 is 14.9 Å². The van der Waals surface area contributed by atoms with Crippen molar-refractivity contribution in [2.75, 3.05) is 34.3 Å². The Balaban J connectivity index is 1.72. The predicted molar refractivity (Wildman–Crippen MR) is 121 cm³/mol. The molecule has 4 rings (SSSR count). The van der Waals surface area contributed by atoms with E-state index in [0.29, 0.717) is 23.5 Å². The summed E-state index contributed by atoms with van der Waals surface area (Å²) in [5.41, 5.74) is 4.56. The molecule has 2 heterocycles. The van der Waals surface area contributed by atoms with E-state index in [4.69, 9.17) is 0 Å². The number of fused-ring (bicyclic) bond motifs is 1. The van der Waals surface area contributed by atoms with Crippen molar-refractivity contribution in [2.24, 2.45) is 0 Å². The van der Waals surface area contributed by atoms with E-state index in [9.17, 15) is 13.2 Å². The van der Waals surface area contributed by atoms with Crippen LogP contribution in [0.4, 0.5) is 17.1 Å². The van der Waals surface area contributed by atoms with Crippen molar-refractivity contribution in [1.82, 2.24) is 10.2 Å². The smallest absolute Gasteiger partial charge is 0.229 e. The fourth-order valence-electron chi connectivity index (χ4n) is 3.68. The molecule has 3 N–H and O–H groups in total. The molecule has 1 saturated heterocycles. The number of hydrogen-bond acceptors (Lipinski definition) is 5. The maximum absolute atomic E-state index is 11.9. The van der Waals surface area contributed by atoms with Gasteiger partial charge in [0.15, 0.2) is 0 Å². The molecule has 2 aromatic carbocycles. The van der Waals surface area contributed by atoms with Gasteiger partial charge in [-0.15, -0.1) is 0 Å². The highest BCUT2D eigenvalue weighted by Gasteiger charge is 2.19. The highest BCUT2D eigenvalue weighted by molar-refractivity contribution is 7.92. The summed E-state index contributed by atoms with van der Waals surface area (Å²) in [7, 11) is -3.42. The van der Waals surface area contributed by atoms with Crippen LogP contribution >= 0.6 is 0 Å². The Morgan fingerprint density at radius 3 is 2.67 bits per heavy atom. The van der Waals surface area contributed by atoms with E-state index in [1.54, 1.807) is 6.07 Å². The molecule has 9 heteroatoms. The molecule has 0 unspecified atom stereocenters. The Labute approximate surface area is 175 Å². The van der Waals surface area contributed by atoms with Gasteiger partial charge in [-0.1, -0.05) is 18.2 Å². The van der Waals surface area contributed by atoms with Crippen LogP contribution in [0.1, 0.15) is 24.1 Å². The molecule has 1 aliphatic heterocycles. The zero-order valence-electron chi connectivity index (χ0n) is 16.6. The number of anilines is 3. The Morgan fingerprint density at radius 1 is 1.13 bits per heavy atom. The number of rotatable bonds is 7. The SMILES string of the molecule is CS(=O)(=O)Nc1cc2c(/C=C/c3cccc(NC=O)c3)n[nH]c2cc1N1CCCC1. The van der Waals surface area contributed by atoms with E-state index < -0.39 is 10.0 Å². The number of nitrogens with zero attached hydrogens (tertiary/aromatic N) is 2. The van der Waals surface area contributed by atoms with Gasteiger partial charge in [0, 0.05) is 24.2 Å². The third-order valence-electron chi connectivity index (χ3n) is 5.00. The van der Waals surface area contributed by atoms with E-state index in [-0.39, 0.29) is 0 Å². The van der Waals surface area contributed by atoms with Crippen molar-refractivity contribution in [3.05, 3.63) is 47.7 Å². The molecule has 156 valence electrons. The minimum Gasteiger partial charge on any atom is -0.370 e. The summed E-state index contributed by atoms with van der Waals surface area (Å²) in [5, 5.41) is 10.9. The molecule has 1 aliphatic rings. The first-order chi connectivity index (χ1) is 14.4. The second-order valence-electron chi connectivity index (χ2n) is 7.31. The maximum atomic E-state index is 11.9. The Hall–Kier alpha value is -3.33. The third-order valence-corrected chi connectivity index (χ3v) is 5.59. The third kappa shape index (κ3) is 4.46. The van der Waals surface area contributed by atoms with Crippen LogP contribution in [0.15, 0.2) is 36.4 Å². The molecule has 30 heavy (non-hydrogen) atoms. The number of hydrogen-bond donors (Lipinski definition) is 3. The number of sulfonamides is 1. The minimum absolute atomic E-state index is 0.556. The van der Waals surface area contributed by atoms with Crippen LogP contribution in [-0.4, -0.2) is 44.4 Å². The molecule has 0 atom stereocenters. The molecule has 1 amide bonds. The van der Waals surface area contributed by atoms with Crippen LogP contribution in [0.25, 0.3) is 23.1 Å². The molecule has 0 spiro atoms. The lowest BCUT2D eigenvalue weighted by Gasteiger charge is -2.21. The van der Waals surface area contributed by atoms with Gasteiger partial charge in [-0.2, -0.15) is 5.10 Å². The van der Waals surface area contributed by atoms with Gasteiger partial charge in [-0.25, -0.2) is 8.42 Å². The van der Waals surface area contributed by atoms with Crippen molar-refractivity contribution >= 4 is 56.6 Å². The lowest BCUT2D eigenvalue weighted by atomic mass is 10.1. The van der Waals surface area contributed by atoms with E-state index in [1.807, 2.05) is 42.5 Å². The topological polar surface area (TPSA) is 107 Å². The number of carbonyl (C=O) groups is 1. The summed E-state index contributed by atoms with van der Waals surface area (Å²) in [6, 6.07) is 11.2. The zero-order valence-corrected chi connectivity index (χ0v) is 17.4. The Kier molecular flexibility index (Phi) is 5.45. The fraction of sp³-hybridized carbons (Fsp3) is 0.238. The second kappa shape index (κ2) is 8.19. The molecule has 1 aromatic heterocycles. The standard InChI is InChI=1S/C21H23N5O3S/c1-30(28,29)25-20-12-17-18(8-7-15-5-4-6-16(11-15)22-14-27)23-24-19(17)13-21(20)26-9-2-3-10-26/h4-8,11-14,25H,2-3,9-10H2,1H3,(H,22,27)(H,23,24)/b8-7+. The minimum atomic E-state index is -3.42. The van der Waals surface area contributed by atoms with Crippen molar-refractivity contribution < 1.29 is 13.2 Å². The van der Waals surface area contributed by atoms with Gasteiger partial charge in [-0.3, -0.25) is 14.6 Å². The highest BCUT2D eigenvalue weighted by Crippen LogP contribution is 2.35. The largest absolute Gasteiger partial charge is 0.370 e. The molecule has 0 saturated carbocycles. The fourth-order valence-corrected chi connectivity index (χ4v) is 4.24. The number of carbonyl (C=O) groups excluding carboxylic acids is 1. The average molecular weight is 426 g/mol. The molecule has 8 nitrogen and oxygen atoms in total. The normalized spacial score (nSPS) is 14.5. The Bertz CT molecular complexity index is 1210.